The number of hydrogen-bond donors (Lipinski definition) is 1. The Morgan fingerprint density at radius 1 is 1.24 bits per heavy atom. The van der Waals surface area contributed by atoms with Crippen molar-refractivity contribution in [1.29, 1.82) is 0 Å². The summed E-state index contributed by atoms with van der Waals surface area (Å²) in [7, 11) is 0. The Bertz CT molecular complexity index is 1050. The van der Waals surface area contributed by atoms with Crippen LogP contribution in [0.2, 0.25) is 0 Å². The molecule has 1 aromatic heterocycles. The Hall–Kier alpha value is -2.54. The molecule has 1 aromatic carbocycles. The summed E-state index contributed by atoms with van der Waals surface area (Å²) >= 11 is 1.37. The highest BCUT2D eigenvalue weighted by molar-refractivity contribution is 7.09. The van der Waals surface area contributed by atoms with E-state index in [0.29, 0.717) is 29.8 Å². The number of likely N-dealkylation sites (tertiary alicyclic amines) is 1. The minimum atomic E-state index is -1.44. The number of amides is 1. The minimum absolute atomic E-state index is 0.0334. The Morgan fingerprint density at radius 3 is 2.42 bits per heavy atom. The molecule has 1 N–H and O–H groups in total. The van der Waals surface area contributed by atoms with Gasteiger partial charge < -0.3 is 10.0 Å². The number of carboxylic acids is 1. The fourth-order valence-corrected chi connectivity index (χ4v) is 6.59. The molecule has 6 nitrogen and oxygen atoms in total. The van der Waals surface area contributed by atoms with Crippen molar-refractivity contribution in [2.24, 2.45) is 17.8 Å². The number of carboxylic acid groups (broad SMARTS) is 1. The molecule has 1 amide bonds. The van der Waals surface area contributed by atoms with Gasteiger partial charge in [0.15, 0.2) is 0 Å². The van der Waals surface area contributed by atoms with Crippen molar-refractivity contribution >= 4 is 29.0 Å². The van der Waals surface area contributed by atoms with Crippen LogP contribution in [0.25, 0.3) is 0 Å². The van der Waals surface area contributed by atoms with Crippen LogP contribution in [0, 0.1) is 17.8 Å². The van der Waals surface area contributed by atoms with Gasteiger partial charge >= 0.3 is 5.97 Å². The highest BCUT2D eigenvalue weighted by Crippen LogP contribution is 2.59. The number of thiazole rings is 1. The molecule has 1 saturated carbocycles. The maximum absolute atomic E-state index is 14.1. The average molecular weight is 469 g/mol. The van der Waals surface area contributed by atoms with Crippen molar-refractivity contribution in [2.75, 3.05) is 0 Å². The second-order valence-corrected chi connectivity index (χ2v) is 11.7. The summed E-state index contributed by atoms with van der Waals surface area (Å²) in [4.78, 5) is 46.1. The Morgan fingerprint density at radius 2 is 1.91 bits per heavy atom. The molecule has 2 aliphatic rings. The maximum atomic E-state index is 14.1. The number of aliphatic carboxylic acids is 1. The van der Waals surface area contributed by atoms with E-state index < -0.39 is 29.4 Å². The van der Waals surface area contributed by atoms with E-state index in [1.54, 1.807) is 18.3 Å². The van der Waals surface area contributed by atoms with Gasteiger partial charge in [-0.3, -0.25) is 9.59 Å². The van der Waals surface area contributed by atoms with Crippen LogP contribution >= 0.6 is 11.3 Å². The summed E-state index contributed by atoms with van der Waals surface area (Å²) in [6, 6.07) is 6.76. The molecule has 33 heavy (non-hydrogen) atoms. The van der Waals surface area contributed by atoms with E-state index in [-0.39, 0.29) is 23.0 Å². The summed E-state index contributed by atoms with van der Waals surface area (Å²) in [6.45, 7) is 10.2. The van der Waals surface area contributed by atoms with E-state index in [1.165, 1.54) is 16.2 Å². The quantitative estimate of drug-likeness (QED) is 0.659. The maximum Gasteiger partial charge on any atom is 0.329 e. The first kappa shape index (κ1) is 23.6. The van der Waals surface area contributed by atoms with Crippen molar-refractivity contribution in [1.82, 2.24) is 9.88 Å². The number of nitrogens with zero attached hydrogens (tertiary/aromatic N) is 2. The molecule has 2 aromatic rings. The molecule has 0 bridgehead atoms. The van der Waals surface area contributed by atoms with Gasteiger partial charge in [-0.2, -0.15) is 0 Å². The van der Waals surface area contributed by atoms with Gasteiger partial charge in [0.1, 0.15) is 16.3 Å². The van der Waals surface area contributed by atoms with Crippen LogP contribution in [0.15, 0.2) is 35.8 Å². The van der Waals surface area contributed by atoms with Crippen LogP contribution < -0.4 is 0 Å². The summed E-state index contributed by atoms with van der Waals surface area (Å²) < 4.78 is 0. The second-order valence-electron chi connectivity index (χ2n) is 10.8. The zero-order chi connectivity index (χ0) is 24.1. The first-order valence-electron chi connectivity index (χ1n) is 11.6. The normalized spacial score (nSPS) is 27.3. The summed E-state index contributed by atoms with van der Waals surface area (Å²) in [5, 5.41) is 13.1. The lowest BCUT2D eigenvalue weighted by molar-refractivity contribution is -0.152. The Balaban J connectivity index is 1.89. The first-order valence-corrected chi connectivity index (χ1v) is 12.5. The highest BCUT2D eigenvalue weighted by Gasteiger charge is 2.68. The van der Waals surface area contributed by atoms with Gasteiger partial charge in [-0.1, -0.05) is 46.8 Å². The van der Waals surface area contributed by atoms with Crippen molar-refractivity contribution in [3.05, 3.63) is 52.0 Å². The van der Waals surface area contributed by atoms with Crippen LogP contribution in [0.4, 0.5) is 0 Å². The fraction of sp³-hybridized carbons (Fsp3) is 0.538. The molecule has 0 spiro atoms. The van der Waals surface area contributed by atoms with Crippen LogP contribution in [0.3, 0.4) is 0 Å². The zero-order valence-electron chi connectivity index (χ0n) is 19.9. The van der Waals surface area contributed by atoms with E-state index in [2.05, 4.69) is 25.8 Å². The summed E-state index contributed by atoms with van der Waals surface area (Å²) in [5.74, 6) is -2.26. The van der Waals surface area contributed by atoms with E-state index in [9.17, 15) is 19.5 Å². The molecule has 1 aliphatic carbocycles. The van der Waals surface area contributed by atoms with Gasteiger partial charge in [0.25, 0.3) is 5.91 Å². The standard InChI is InChI=1S/C26H32N2O4S/c1-15(2)14-26(24(31)32)18-10-11-19(29)20(18)21(22-27-12-13-33-22)28(26)23(30)16-6-8-17(9-7-16)25(3,4)5/h6-9,12-13,15,18,20-21H,10-11,14H2,1-5H3,(H,31,32)/t18?,20?,21-,26+/m1/s1. The average Bonchev–Trinajstić information content (AvgIpc) is 3.44. The number of fused-ring (bicyclic) bond motifs is 1. The number of carbonyl (C=O) groups is 3. The third-order valence-corrected chi connectivity index (χ3v) is 8.03. The van der Waals surface area contributed by atoms with Crippen LogP contribution in [0.1, 0.15) is 80.9 Å². The number of aromatic nitrogens is 1. The monoisotopic (exact) mass is 468 g/mol. The van der Waals surface area contributed by atoms with E-state index in [0.717, 1.165) is 5.56 Å². The second kappa shape index (κ2) is 8.35. The number of ketones is 1. The first-order chi connectivity index (χ1) is 15.5. The molecule has 1 saturated heterocycles. The molecule has 2 unspecified atom stereocenters. The van der Waals surface area contributed by atoms with Gasteiger partial charge in [0.05, 0.1) is 12.0 Å². The van der Waals surface area contributed by atoms with Gasteiger partial charge in [0, 0.05) is 29.5 Å². The Labute approximate surface area is 199 Å². The SMILES string of the molecule is CC(C)C[C@@]1(C(=O)O)C2CCC(=O)C2[C@H](c2nccs2)N1C(=O)c1ccc(C(C)(C)C)cc1. The Kier molecular flexibility index (Phi) is 5.97. The number of Topliss-reactive ketones (excluding diaryl/α,β-unsaturated/α-hetero) is 1. The van der Waals surface area contributed by atoms with Gasteiger partial charge in [-0.25, -0.2) is 9.78 Å². The zero-order valence-corrected chi connectivity index (χ0v) is 20.7. The minimum Gasteiger partial charge on any atom is -0.479 e. The van der Waals surface area contributed by atoms with Crippen LogP contribution in [-0.4, -0.2) is 38.2 Å². The van der Waals surface area contributed by atoms with Gasteiger partial charge in [-0.05, 0) is 41.9 Å². The molecule has 2 heterocycles. The van der Waals surface area contributed by atoms with Crippen molar-refractivity contribution in [2.45, 2.75) is 70.9 Å². The molecule has 4 atom stereocenters. The summed E-state index contributed by atoms with van der Waals surface area (Å²) in [5.41, 5.74) is 0.0214. The molecule has 1 aliphatic heterocycles. The lowest BCUT2D eigenvalue weighted by Gasteiger charge is -2.41. The van der Waals surface area contributed by atoms with Crippen molar-refractivity contribution in [3.8, 4) is 0 Å². The van der Waals surface area contributed by atoms with Crippen LogP contribution in [0.5, 0.6) is 0 Å². The summed E-state index contributed by atoms with van der Waals surface area (Å²) in [6.07, 6.45) is 2.78. The fourth-order valence-electron chi connectivity index (χ4n) is 5.81. The molecule has 7 heteroatoms. The largest absolute Gasteiger partial charge is 0.479 e. The predicted octanol–water partition coefficient (Wildman–Crippen LogP) is 5.10. The predicted molar refractivity (Wildman–Crippen MR) is 127 cm³/mol. The lowest BCUT2D eigenvalue weighted by atomic mass is 9.75. The number of benzene rings is 1. The number of hydrogen-bond acceptors (Lipinski definition) is 5. The third kappa shape index (κ3) is 3.80. The van der Waals surface area contributed by atoms with E-state index in [1.807, 2.05) is 31.4 Å². The van der Waals surface area contributed by atoms with Crippen LogP contribution in [-0.2, 0) is 15.0 Å². The van der Waals surface area contributed by atoms with Gasteiger partial charge in [0.2, 0.25) is 0 Å². The van der Waals surface area contributed by atoms with Gasteiger partial charge in [-0.15, -0.1) is 11.3 Å². The smallest absolute Gasteiger partial charge is 0.329 e. The molecular formula is C26H32N2O4S. The molecular weight excluding hydrogens is 436 g/mol. The molecule has 4 rings (SSSR count). The molecule has 0 radical (unpaired) electrons. The third-order valence-electron chi connectivity index (χ3n) is 7.18. The molecule has 176 valence electrons. The number of carbonyl (C=O) groups excluding carboxylic acids is 2. The number of rotatable bonds is 5. The van der Waals surface area contributed by atoms with Crippen molar-refractivity contribution in [3.63, 3.8) is 0 Å². The van der Waals surface area contributed by atoms with E-state index >= 15 is 0 Å². The van der Waals surface area contributed by atoms with E-state index in [4.69, 9.17) is 0 Å². The topological polar surface area (TPSA) is 87.6 Å². The molecule has 2 fully saturated rings. The highest BCUT2D eigenvalue weighted by atomic mass is 32.1. The van der Waals surface area contributed by atoms with Crippen molar-refractivity contribution < 1.29 is 19.5 Å². The lowest BCUT2D eigenvalue weighted by Crippen LogP contribution is -2.57.